The highest BCUT2D eigenvalue weighted by molar-refractivity contribution is 5.79. The fourth-order valence-corrected chi connectivity index (χ4v) is 3.65. The van der Waals surface area contributed by atoms with E-state index in [0.717, 1.165) is 54.4 Å². The van der Waals surface area contributed by atoms with Gasteiger partial charge in [-0.25, -0.2) is 4.68 Å². The van der Waals surface area contributed by atoms with Crippen LogP contribution in [0.25, 0.3) is 16.6 Å². The van der Waals surface area contributed by atoms with Gasteiger partial charge in [-0.1, -0.05) is 6.07 Å². The maximum atomic E-state index is 13.0. The first-order valence-electron chi connectivity index (χ1n) is 10.1. The van der Waals surface area contributed by atoms with Crippen LogP contribution in [0.15, 0.2) is 59.7 Å². The fourth-order valence-electron chi connectivity index (χ4n) is 3.65. The largest absolute Gasteiger partial charge is 0.497 e. The molecule has 30 heavy (non-hydrogen) atoms. The number of hydrogen-bond donors (Lipinski definition) is 1. The number of hydrogen-bond acceptors (Lipinski definition) is 5. The molecule has 156 valence electrons. The molecule has 3 heterocycles. The zero-order valence-electron chi connectivity index (χ0n) is 17.6. The summed E-state index contributed by atoms with van der Waals surface area (Å²) in [6.45, 7) is 6.06. The SMILES string of the molecule is COc1ccc(-n2[nH]c3c(C)ccc(N4CCN(C)CC4)ccncc3c2=O)cc1. The lowest BCUT2D eigenvalue weighted by Gasteiger charge is -2.33. The van der Waals surface area contributed by atoms with Crippen LogP contribution in [0.4, 0.5) is 5.69 Å². The zero-order chi connectivity index (χ0) is 21.1. The number of anilines is 1. The number of ether oxygens (including phenoxy) is 1. The number of rotatable bonds is 3. The van der Waals surface area contributed by atoms with E-state index in [0.29, 0.717) is 5.39 Å². The summed E-state index contributed by atoms with van der Waals surface area (Å²) in [5.41, 5.74) is 3.48. The van der Waals surface area contributed by atoms with Gasteiger partial charge in [0.05, 0.1) is 23.7 Å². The van der Waals surface area contributed by atoms with Gasteiger partial charge in [0.25, 0.3) is 5.56 Å². The lowest BCUT2D eigenvalue weighted by Crippen LogP contribution is -2.44. The fraction of sp³-hybridized carbons (Fsp3) is 0.304. The second-order valence-corrected chi connectivity index (χ2v) is 7.56. The van der Waals surface area contributed by atoms with Gasteiger partial charge in [-0.15, -0.1) is 0 Å². The van der Waals surface area contributed by atoms with Crippen LogP contribution in [0.5, 0.6) is 5.75 Å². The number of benzene rings is 1. The van der Waals surface area contributed by atoms with Crippen LogP contribution < -0.4 is 15.2 Å². The standard InChI is InChI=1S/C23H27N5O2/c1-17-4-5-18(27-14-12-26(2)13-15-27)10-11-24-16-21-22(17)25-28(23(21)29)19-6-8-20(30-3)9-7-19/h4-11,16,25H,12-15H2,1-3H3. The van der Waals surface area contributed by atoms with Gasteiger partial charge in [0, 0.05) is 44.3 Å². The molecule has 7 nitrogen and oxygen atoms in total. The highest BCUT2D eigenvalue weighted by atomic mass is 16.5. The van der Waals surface area contributed by atoms with Crippen LogP contribution in [-0.4, -0.2) is 60.0 Å². The Balaban J connectivity index is 1.80. The molecule has 0 spiro atoms. The molecule has 1 N–H and O–H groups in total. The van der Waals surface area contributed by atoms with Crippen molar-refractivity contribution in [2.45, 2.75) is 6.92 Å². The number of nitrogens with zero attached hydrogens (tertiary/aromatic N) is 4. The molecule has 1 aliphatic heterocycles. The number of fused-ring (bicyclic) bond motifs is 1. The molecular formula is C23H27N5O2. The summed E-state index contributed by atoms with van der Waals surface area (Å²) >= 11 is 0. The molecule has 1 saturated heterocycles. The third-order valence-corrected chi connectivity index (χ3v) is 5.56. The smallest absolute Gasteiger partial charge is 0.280 e. The maximum Gasteiger partial charge on any atom is 0.280 e. The minimum Gasteiger partial charge on any atom is -0.497 e. The molecule has 0 aliphatic carbocycles. The van der Waals surface area contributed by atoms with Crippen molar-refractivity contribution in [3.05, 3.63) is 70.8 Å². The van der Waals surface area contributed by atoms with E-state index in [1.165, 1.54) is 0 Å². The molecule has 4 rings (SSSR count). The lowest BCUT2D eigenvalue weighted by molar-refractivity contribution is 0.313. The average Bonchev–Trinajstić information content (AvgIpc) is 3.10. The second-order valence-electron chi connectivity index (χ2n) is 7.56. The Labute approximate surface area is 175 Å². The maximum absolute atomic E-state index is 13.0. The van der Waals surface area contributed by atoms with E-state index in [1.54, 1.807) is 24.2 Å². The summed E-state index contributed by atoms with van der Waals surface area (Å²) < 4.78 is 6.75. The topological polar surface area (TPSA) is 66.4 Å². The van der Waals surface area contributed by atoms with Gasteiger partial charge in [-0.3, -0.25) is 14.9 Å². The van der Waals surface area contributed by atoms with E-state index < -0.39 is 0 Å². The van der Waals surface area contributed by atoms with Gasteiger partial charge >= 0.3 is 0 Å². The predicted octanol–water partition coefficient (Wildman–Crippen LogP) is 2.91. The van der Waals surface area contributed by atoms with E-state index in [4.69, 9.17) is 4.74 Å². The molecule has 0 atom stereocenters. The van der Waals surface area contributed by atoms with Gasteiger partial charge in [-0.05, 0) is 55.9 Å². The number of likely N-dealkylation sites (N-methyl/N-ethyl adjacent to an activating group) is 1. The van der Waals surface area contributed by atoms with Crippen molar-refractivity contribution >= 4 is 16.6 Å². The Bertz CT molecular complexity index is 1140. The first-order chi connectivity index (χ1) is 14.6. The highest BCUT2D eigenvalue weighted by Gasteiger charge is 2.14. The van der Waals surface area contributed by atoms with Crippen LogP contribution in [0, 0.1) is 6.92 Å². The van der Waals surface area contributed by atoms with Crippen LogP contribution in [-0.2, 0) is 0 Å². The van der Waals surface area contributed by atoms with E-state index in [1.807, 2.05) is 37.3 Å². The zero-order valence-corrected chi connectivity index (χ0v) is 17.6. The second kappa shape index (κ2) is 8.59. The van der Waals surface area contributed by atoms with Crippen LogP contribution in [0.2, 0.25) is 0 Å². The van der Waals surface area contributed by atoms with Gasteiger partial charge in [0.1, 0.15) is 5.75 Å². The molecule has 2 aromatic heterocycles. The Hall–Kier alpha value is -3.32. The predicted molar refractivity (Wildman–Crippen MR) is 120 cm³/mol. The van der Waals surface area contributed by atoms with E-state index in [9.17, 15) is 4.79 Å². The number of piperazine rings is 1. The number of aromatic nitrogens is 3. The highest BCUT2D eigenvalue weighted by Crippen LogP contribution is 2.18. The van der Waals surface area contributed by atoms with Crippen LogP contribution >= 0.6 is 0 Å². The van der Waals surface area contributed by atoms with E-state index >= 15 is 0 Å². The number of aryl methyl sites for hydroxylation is 1. The third kappa shape index (κ3) is 4.02. The molecule has 1 fully saturated rings. The quantitative estimate of drug-likeness (QED) is 0.726. The number of H-pyrrole nitrogens is 1. The van der Waals surface area contributed by atoms with Crippen LogP contribution in [0.3, 0.4) is 0 Å². The lowest BCUT2D eigenvalue weighted by atomic mass is 10.2. The Morgan fingerprint density at radius 1 is 0.967 bits per heavy atom. The molecule has 0 bridgehead atoms. The first kappa shape index (κ1) is 20.0. The number of methoxy groups -OCH3 is 1. The molecule has 0 radical (unpaired) electrons. The summed E-state index contributed by atoms with van der Waals surface area (Å²) in [5, 5.41) is 3.79. The summed E-state index contributed by atoms with van der Waals surface area (Å²) in [4.78, 5) is 22.1. The molecular weight excluding hydrogens is 378 g/mol. The molecule has 0 unspecified atom stereocenters. The molecule has 3 aromatic rings. The normalized spacial score (nSPS) is 14.6. The van der Waals surface area contributed by atoms with Crippen molar-refractivity contribution in [2.24, 2.45) is 0 Å². The molecule has 1 aliphatic rings. The van der Waals surface area contributed by atoms with Crippen molar-refractivity contribution in [1.29, 1.82) is 0 Å². The van der Waals surface area contributed by atoms with Crippen LogP contribution in [0.1, 0.15) is 5.56 Å². The van der Waals surface area contributed by atoms with Crippen molar-refractivity contribution in [1.82, 2.24) is 19.7 Å². The summed E-state index contributed by atoms with van der Waals surface area (Å²) in [6, 6.07) is 13.5. The Morgan fingerprint density at radius 3 is 2.37 bits per heavy atom. The summed E-state index contributed by atoms with van der Waals surface area (Å²) in [7, 11) is 3.77. The average molecular weight is 406 g/mol. The van der Waals surface area contributed by atoms with Gasteiger partial charge < -0.3 is 14.5 Å². The van der Waals surface area contributed by atoms with Gasteiger partial charge in [0.15, 0.2) is 0 Å². The monoisotopic (exact) mass is 405 g/mol. The molecule has 0 saturated carbocycles. The van der Waals surface area contributed by atoms with Crippen molar-refractivity contribution in [2.75, 3.05) is 45.2 Å². The van der Waals surface area contributed by atoms with E-state index in [2.05, 4.69) is 39.1 Å². The Kier molecular flexibility index (Phi) is 5.72. The molecule has 1 aromatic carbocycles. The van der Waals surface area contributed by atoms with Crippen molar-refractivity contribution in [3.63, 3.8) is 0 Å². The first-order valence-corrected chi connectivity index (χ1v) is 10.1. The van der Waals surface area contributed by atoms with E-state index in [-0.39, 0.29) is 5.56 Å². The summed E-state index contributed by atoms with van der Waals surface area (Å²) in [6.07, 6.45) is 3.39. The Morgan fingerprint density at radius 2 is 1.67 bits per heavy atom. The third-order valence-electron chi connectivity index (χ3n) is 5.56. The van der Waals surface area contributed by atoms with Crippen molar-refractivity contribution in [3.8, 4) is 11.4 Å². The minimum atomic E-state index is -0.135. The summed E-state index contributed by atoms with van der Waals surface area (Å²) in [5.74, 6) is 0.744. The van der Waals surface area contributed by atoms with Crippen molar-refractivity contribution < 1.29 is 4.74 Å². The van der Waals surface area contributed by atoms with Gasteiger partial charge in [-0.2, -0.15) is 0 Å². The molecule has 7 heteroatoms. The van der Waals surface area contributed by atoms with Gasteiger partial charge in [0.2, 0.25) is 0 Å². The minimum absolute atomic E-state index is 0.135. The number of aromatic amines is 1. The molecule has 0 amide bonds. The number of nitrogens with one attached hydrogen (secondary N) is 1.